The fourth-order valence-corrected chi connectivity index (χ4v) is 2.04. The average molecular weight is 299 g/mol. The molecule has 5 nitrogen and oxygen atoms in total. The molecule has 1 unspecified atom stereocenters. The summed E-state index contributed by atoms with van der Waals surface area (Å²) in [5.74, 6) is -2.77. The summed E-state index contributed by atoms with van der Waals surface area (Å²) in [5.41, 5.74) is 5.92. The zero-order chi connectivity index (χ0) is 16.0. The van der Waals surface area contributed by atoms with Crippen LogP contribution in [0, 0.1) is 23.5 Å². The Labute approximate surface area is 121 Å². The van der Waals surface area contributed by atoms with Crippen molar-refractivity contribution < 1.29 is 18.8 Å². The number of halogens is 2. The minimum Gasteiger partial charge on any atom is -0.409 e. The molecule has 0 heterocycles. The molecule has 21 heavy (non-hydrogen) atoms. The van der Waals surface area contributed by atoms with Gasteiger partial charge in [-0.15, -0.1) is 0 Å². The van der Waals surface area contributed by atoms with Crippen molar-refractivity contribution in [3.8, 4) is 0 Å². The van der Waals surface area contributed by atoms with Crippen molar-refractivity contribution in [2.45, 2.75) is 20.3 Å². The summed E-state index contributed by atoms with van der Waals surface area (Å²) in [4.78, 5) is 12.0. The maximum atomic E-state index is 13.0. The van der Waals surface area contributed by atoms with Gasteiger partial charge in [-0.1, -0.05) is 19.0 Å². The van der Waals surface area contributed by atoms with Crippen LogP contribution < -0.4 is 11.1 Å². The number of amidine groups is 1. The first-order valence-electron chi connectivity index (χ1n) is 6.55. The highest BCUT2D eigenvalue weighted by Crippen LogP contribution is 2.12. The van der Waals surface area contributed by atoms with Gasteiger partial charge in [0.25, 0.3) is 0 Å². The third-order valence-corrected chi connectivity index (χ3v) is 3.02. The highest BCUT2D eigenvalue weighted by Gasteiger charge is 2.26. The van der Waals surface area contributed by atoms with Crippen LogP contribution in [0.3, 0.4) is 0 Å². The van der Waals surface area contributed by atoms with Crippen molar-refractivity contribution >= 4 is 11.7 Å². The second-order valence-electron chi connectivity index (χ2n) is 5.07. The zero-order valence-corrected chi connectivity index (χ0v) is 11.9. The fraction of sp³-hybridized carbons (Fsp3) is 0.429. The van der Waals surface area contributed by atoms with E-state index < -0.39 is 23.5 Å². The van der Waals surface area contributed by atoms with E-state index in [1.54, 1.807) is 13.8 Å². The lowest BCUT2D eigenvalue weighted by molar-refractivity contribution is -0.124. The molecule has 0 saturated heterocycles. The van der Waals surface area contributed by atoms with Gasteiger partial charge in [-0.2, -0.15) is 0 Å². The van der Waals surface area contributed by atoms with Crippen LogP contribution in [-0.2, 0) is 11.2 Å². The monoisotopic (exact) mass is 299 g/mol. The molecule has 0 aliphatic carbocycles. The van der Waals surface area contributed by atoms with E-state index in [4.69, 9.17) is 10.9 Å². The molecule has 0 aliphatic heterocycles. The molecular formula is C14H19F2N3O2. The lowest BCUT2D eigenvalue weighted by Gasteiger charge is -2.18. The molecule has 1 amide bonds. The Hall–Kier alpha value is -2.18. The Morgan fingerprint density at radius 1 is 1.33 bits per heavy atom. The standard InChI is InChI=1S/C14H19F2N3O2/c1-8(2)12(13(17)19-21)14(20)18-4-3-9-5-10(15)7-11(16)6-9/h5-8,12,21H,3-4H2,1-2H3,(H2,17,19)(H,18,20). The van der Waals surface area contributed by atoms with Crippen LogP contribution in [0.25, 0.3) is 0 Å². The van der Waals surface area contributed by atoms with Gasteiger partial charge in [-0.3, -0.25) is 4.79 Å². The van der Waals surface area contributed by atoms with Gasteiger partial charge in [-0.25, -0.2) is 8.78 Å². The molecule has 0 fully saturated rings. The van der Waals surface area contributed by atoms with E-state index in [1.807, 2.05) is 0 Å². The normalized spacial score (nSPS) is 13.3. The Balaban J connectivity index is 2.60. The van der Waals surface area contributed by atoms with Crippen LogP contribution >= 0.6 is 0 Å². The Morgan fingerprint density at radius 3 is 2.38 bits per heavy atom. The van der Waals surface area contributed by atoms with E-state index >= 15 is 0 Å². The second kappa shape index (κ2) is 7.56. The van der Waals surface area contributed by atoms with Crippen molar-refractivity contribution in [2.75, 3.05) is 6.54 Å². The zero-order valence-electron chi connectivity index (χ0n) is 11.9. The van der Waals surface area contributed by atoms with Crippen molar-refractivity contribution in [3.63, 3.8) is 0 Å². The number of nitrogens with one attached hydrogen (secondary N) is 1. The molecule has 0 spiro atoms. The van der Waals surface area contributed by atoms with Crippen molar-refractivity contribution in [1.29, 1.82) is 0 Å². The number of carbonyl (C=O) groups is 1. The highest BCUT2D eigenvalue weighted by molar-refractivity contribution is 6.02. The first kappa shape index (κ1) is 16.9. The highest BCUT2D eigenvalue weighted by atomic mass is 19.1. The SMILES string of the molecule is CC(C)C(C(=O)NCCc1cc(F)cc(F)c1)C(N)=NO. The predicted octanol–water partition coefficient (Wildman–Crippen LogP) is 1.64. The number of nitrogens with two attached hydrogens (primary N) is 1. The Bertz CT molecular complexity index is 513. The van der Waals surface area contributed by atoms with Crippen molar-refractivity contribution in [3.05, 3.63) is 35.4 Å². The number of oxime groups is 1. The van der Waals surface area contributed by atoms with E-state index in [9.17, 15) is 13.6 Å². The van der Waals surface area contributed by atoms with Crippen molar-refractivity contribution in [2.24, 2.45) is 22.7 Å². The topological polar surface area (TPSA) is 87.7 Å². The number of amides is 1. The van der Waals surface area contributed by atoms with Crippen molar-refractivity contribution in [1.82, 2.24) is 5.32 Å². The molecule has 0 bridgehead atoms. The summed E-state index contributed by atoms with van der Waals surface area (Å²) < 4.78 is 26.0. The van der Waals surface area contributed by atoms with Gasteiger partial charge in [-0.05, 0) is 30.0 Å². The number of carbonyl (C=O) groups excluding carboxylic acids is 1. The molecule has 4 N–H and O–H groups in total. The van der Waals surface area contributed by atoms with Crippen LogP contribution in [-0.4, -0.2) is 23.5 Å². The number of hydrogen-bond acceptors (Lipinski definition) is 3. The lowest BCUT2D eigenvalue weighted by atomic mass is 9.94. The molecule has 7 heteroatoms. The summed E-state index contributed by atoms with van der Waals surface area (Å²) in [7, 11) is 0. The molecule has 0 saturated carbocycles. The molecule has 1 rings (SSSR count). The molecule has 0 aromatic heterocycles. The maximum absolute atomic E-state index is 13.0. The molecule has 0 radical (unpaired) electrons. The van der Waals surface area contributed by atoms with Crippen LogP contribution in [0.2, 0.25) is 0 Å². The molecule has 0 aliphatic rings. The van der Waals surface area contributed by atoms with E-state index in [2.05, 4.69) is 10.5 Å². The fourth-order valence-electron chi connectivity index (χ4n) is 2.04. The van der Waals surface area contributed by atoms with Gasteiger partial charge in [0.1, 0.15) is 17.6 Å². The summed E-state index contributed by atoms with van der Waals surface area (Å²) in [6, 6.07) is 3.20. The third-order valence-electron chi connectivity index (χ3n) is 3.02. The molecular weight excluding hydrogens is 280 g/mol. The second-order valence-corrected chi connectivity index (χ2v) is 5.07. The van der Waals surface area contributed by atoms with E-state index in [1.165, 1.54) is 12.1 Å². The minimum atomic E-state index is -0.751. The number of hydrogen-bond donors (Lipinski definition) is 3. The predicted molar refractivity (Wildman–Crippen MR) is 74.8 cm³/mol. The minimum absolute atomic E-state index is 0.146. The van der Waals surface area contributed by atoms with Crippen LogP contribution in [0.4, 0.5) is 8.78 Å². The summed E-state index contributed by atoms with van der Waals surface area (Å²) in [5, 5.41) is 14.1. The largest absolute Gasteiger partial charge is 0.409 e. The summed E-state index contributed by atoms with van der Waals surface area (Å²) >= 11 is 0. The van der Waals surface area contributed by atoms with Crippen LogP contribution in [0.5, 0.6) is 0 Å². The quantitative estimate of drug-likeness (QED) is 0.323. The first-order chi connectivity index (χ1) is 9.85. The summed E-state index contributed by atoms with van der Waals surface area (Å²) in [6.07, 6.45) is 0.279. The lowest BCUT2D eigenvalue weighted by Crippen LogP contribution is -2.42. The average Bonchev–Trinajstić information content (AvgIpc) is 2.37. The van der Waals surface area contributed by atoms with Crippen LogP contribution in [0.15, 0.2) is 23.4 Å². The molecule has 1 aromatic rings. The van der Waals surface area contributed by atoms with Crippen LogP contribution in [0.1, 0.15) is 19.4 Å². The third kappa shape index (κ3) is 5.02. The molecule has 1 aromatic carbocycles. The number of rotatable bonds is 6. The van der Waals surface area contributed by atoms with E-state index in [-0.39, 0.29) is 24.7 Å². The smallest absolute Gasteiger partial charge is 0.231 e. The maximum Gasteiger partial charge on any atom is 0.231 e. The Morgan fingerprint density at radius 2 is 1.90 bits per heavy atom. The number of benzene rings is 1. The van der Waals surface area contributed by atoms with E-state index in [0.717, 1.165) is 6.07 Å². The van der Waals surface area contributed by atoms with Gasteiger partial charge in [0, 0.05) is 12.6 Å². The van der Waals surface area contributed by atoms with Gasteiger partial charge in [0.2, 0.25) is 5.91 Å². The number of nitrogens with zero attached hydrogens (tertiary/aromatic N) is 1. The first-order valence-corrected chi connectivity index (χ1v) is 6.55. The van der Waals surface area contributed by atoms with Gasteiger partial charge in [0.15, 0.2) is 5.84 Å². The summed E-state index contributed by atoms with van der Waals surface area (Å²) in [6.45, 7) is 3.73. The van der Waals surface area contributed by atoms with Gasteiger partial charge < -0.3 is 16.3 Å². The Kier molecular flexibility index (Phi) is 6.08. The molecule has 116 valence electrons. The molecule has 1 atom stereocenters. The van der Waals surface area contributed by atoms with E-state index in [0.29, 0.717) is 5.56 Å². The van der Waals surface area contributed by atoms with Gasteiger partial charge in [0.05, 0.1) is 0 Å². The van der Waals surface area contributed by atoms with Gasteiger partial charge >= 0.3 is 0 Å².